The molecule has 0 radical (unpaired) electrons. The summed E-state index contributed by atoms with van der Waals surface area (Å²) in [5, 5.41) is 0. The molecule has 0 spiro atoms. The molecule has 1 aliphatic heterocycles. The summed E-state index contributed by atoms with van der Waals surface area (Å²) in [5.74, 6) is -0.172. The molecule has 5 rings (SSSR count). The van der Waals surface area contributed by atoms with Crippen molar-refractivity contribution in [2.24, 2.45) is 23.7 Å². The van der Waals surface area contributed by atoms with Crippen molar-refractivity contribution in [3.8, 4) is 0 Å². The van der Waals surface area contributed by atoms with E-state index in [0.29, 0.717) is 5.78 Å². The Kier molecular flexibility index (Phi) is 2.25. The van der Waals surface area contributed by atoms with Crippen molar-refractivity contribution in [3.63, 3.8) is 0 Å². The highest BCUT2D eigenvalue weighted by atomic mass is 16.8. The first-order valence-electron chi connectivity index (χ1n) is 6.99. The second-order valence-electron chi connectivity index (χ2n) is 6.33. The highest BCUT2D eigenvalue weighted by Crippen LogP contribution is 2.49. The topological polar surface area (TPSA) is 35.5 Å². The summed E-state index contributed by atoms with van der Waals surface area (Å²) in [6.45, 7) is 3.91. The number of Topliss-reactive ketones (excluding diaryl/α,β-unsaturated/α-hetero) is 1. The summed E-state index contributed by atoms with van der Waals surface area (Å²) < 4.78 is 12.2. The van der Waals surface area contributed by atoms with Gasteiger partial charge >= 0.3 is 0 Å². The largest absolute Gasteiger partial charge is 0.344 e. The lowest BCUT2D eigenvalue weighted by atomic mass is 9.80. The lowest BCUT2D eigenvalue weighted by Crippen LogP contribution is -2.39. The molecule has 19 heavy (non-hydrogen) atoms. The van der Waals surface area contributed by atoms with Gasteiger partial charge in [-0.15, -0.1) is 0 Å². The molecule has 1 saturated heterocycles. The molecule has 1 heterocycles. The first kappa shape index (κ1) is 11.6. The maximum atomic E-state index is 12.6. The average Bonchev–Trinajstić information content (AvgIpc) is 2.46. The van der Waals surface area contributed by atoms with Gasteiger partial charge in [0, 0.05) is 23.7 Å². The molecule has 0 amide bonds. The molecule has 100 valence electrons. The molecular formula is C16H18O3. The molecule has 4 bridgehead atoms. The van der Waals surface area contributed by atoms with E-state index in [2.05, 4.69) is 12.2 Å². The van der Waals surface area contributed by atoms with Gasteiger partial charge in [-0.1, -0.05) is 36.5 Å². The number of hydrogen-bond acceptors (Lipinski definition) is 3. The van der Waals surface area contributed by atoms with Crippen LogP contribution in [0.4, 0.5) is 0 Å². The molecular weight excluding hydrogens is 240 g/mol. The molecule has 0 aromatic rings. The zero-order chi connectivity index (χ0) is 13.2. The van der Waals surface area contributed by atoms with Gasteiger partial charge in [-0.05, 0) is 13.8 Å². The molecule has 2 fully saturated rings. The Morgan fingerprint density at radius 3 is 1.84 bits per heavy atom. The Morgan fingerprint density at radius 1 is 0.895 bits per heavy atom. The van der Waals surface area contributed by atoms with Crippen molar-refractivity contribution >= 4 is 5.78 Å². The van der Waals surface area contributed by atoms with E-state index >= 15 is 0 Å². The third kappa shape index (κ3) is 1.55. The van der Waals surface area contributed by atoms with E-state index in [4.69, 9.17) is 9.47 Å². The Bertz CT molecular complexity index is 472. The van der Waals surface area contributed by atoms with E-state index in [0.717, 1.165) is 0 Å². The number of carbonyl (C=O) groups is 1. The van der Waals surface area contributed by atoms with Gasteiger partial charge in [-0.3, -0.25) is 4.79 Å². The summed E-state index contributed by atoms with van der Waals surface area (Å²) in [6.07, 6.45) is 12.4. The first-order valence-corrected chi connectivity index (χ1v) is 6.99. The SMILES string of the molecule is CC1(C)O[C@@H]2[C@@H]3C=C[C@H]([C@@H]2O1)[C@H]1C=CC=C[C@@H]3C1=O. The smallest absolute Gasteiger partial charge is 0.163 e. The lowest BCUT2D eigenvalue weighted by molar-refractivity contribution is -0.157. The van der Waals surface area contributed by atoms with Crippen LogP contribution in [-0.2, 0) is 14.3 Å². The summed E-state index contributed by atoms with van der Waals surface area (Å²) in [5.41, 5.74) is 0. The van der Waals surface area contributed by atoms with Gasteiger partial charge in [0.15, 0.2) is 5.79 Å². The summed E-state index contributed by atoms with van der Waals surface area (Å²) in [7, 11) is 0. The molecule has 5 aliphatic rings. The van der Waals surface area contributed by atoms with Crippen LogP contribution < -0.4 is 0 Å². The van der Waals surface area contributed by atoms with E-state index in [1.165, 1.54) is 0 Å². The number of allylic oxidation sites excluding steroid dienone is 4. The van der Waals surface area contributed by atoms with Crippen LogP contribution in [0.2, 0.25) is 0 Å². The van der Waals surface area contributed by atoms with Crippen LogP contribution in [0.5, 0.6) is 0 Å². The predicted octanol–water partition coefficient (Wildman–Crippen LogP) is 2.25. The van der Waals surface area contributed by atoms with Gasteiger partial charge in [0.2, 0.25) is 0 Å². The molecule has 0 aromatic carbocycles. The van der Waals surface area contributed by atoms with Crippen LogP contribution >= 0.6 is 0 Å². The third-order valence-corrected chi connectivity index (χ3v) is 4.71. The van der Waals surface area contributed by atoms with Gasteiger partial charge < -0.3 is 9.47 Å². The Hall–Kier alpha value is -1.19. The summed E-state index contributed by atoms with van der Waals surface area (Å²) in [6, 6.07) is 0. The van der Waals surface area contributed by atoms with E-state index < -0.39 is 5.79 Å². The van der Waals surface area contributed by atoms with Crippen LogP contribution in [0.15, 0.2) is 36.5 Å². The van der Waals surface area contributed by atoms with Crippen LogP contribution in [-0.4, -0.2) is 23.8 Å². The molecule has 0 N–H and O–H groups in total. The molecule has 1 saturated carbocycles. The van der Waals surface area contributed by atoms with Gasteiger partial charge in [-0.25, -0.2) is 0 Å². The zero-order valence-electron chi connectivity index (χ0n) is 11.2. The Morgan fingerprint density at radius 2 is 1.37 bits per heavy atom. The van der Waals surface area contributed by atoms with Crippen molar-refractivity contribution < 1.29 is 14.3 Å². The fourth-order valence-electron chi connectivity index (χ4n) is 3.95. The number of ether oxygens (including phenoxy) is 2. The van der Waals surface area contributed by atoms with Gasteiger partial charge in [0.05, 0.1) is 12.2 Å². The minimum atomic E-state index is -0.547. The zero-order valence-corrected chi connectivity index (χ0v) is 11.2. The van der Waals surface area contributed by atoms with Crippen LogP contribution in [0, 0.1) is 23.7 Å². The highest BCUT2D eigenvalue weighted by molar-refractivity contribution is 5.89. The second-order valence-corrected chi connectivity index (χ2v) is 6.33. The summed E-state index contributed by atoms with van der Waals surface area (Å²) in [4.78, 5) is 12.6. The number of carbonyl (C=O) groups excluding carboxylic acids is 1. The maximum absolute atomic E-state index is 12.6. The summed E-state index contributed by atoms with van der Waals surface area (Å²) >= 11 is 0. The fraction of sp³-hybridized carbons (Fsp3) is 0.562. The van der Waals surface area contributed by atoms with Crippen molar-refractivity contribution in [2.45, 2.75) is 31.8 Å². The third-order valence-electron chi connectivity index (χ3n) is 4.71. The van der Waals surface area contributed by atoms with Crippen LogP contribution in [0.25, 0.3) is 0 Å². The predicted molar refractivity (Wildman–Crippen MR) is 70.2 cm³/mol. The number of hydrogen-bond donors (Lipinski definition) is 0. The van der Waals surface area contributed by atoms with E-state index in [1.807, 2.05) is 38.2 Å². The molecule has 3 heteroatoms. The molecule has 6 atom stereocenters. The number of ketones is 1. The van der Waals surface area contributed by atoms with Crippen molar-refractivity contribution in [1.82, 2.24) is 0 Å². The maximum Gasteiger partial charge on any atom is 0.163 e. The Labute approximate surface area is 113 Å². The standard InChI is InChI=1S/C16H18O3/c1-16(2)18-14-11-7-8-12(15(14)19-16)10-6-4-3-5-9(11)13(10)17/h3-12,14-15H,1-2H3/t9-,10+,11+,12-,14+,15-. The van der Waals surface area contributed by atoms with Gasteiger partial charge in [-0.2, -0.15) is 0 Å². The molecule has 3 nitrogen and oxygen atoms in total. The normalized spacial score (nSPS) is 49.1. The fourth-order valence-corrected chi connectivity index (χ4v) is 3.95. The van der Waals surface area contributed by atoms with Gasteiger partial charge in [0.25, 0.3) is 0 Å². The highest BCUT2D eigenvalue weighted by Gasteiger charge is 2.57. The molecule has 4 aliphatic carbocycles. The number of rotatable bonds is 0. The lowest BCUT2D eigenvalue weighted by Gasteiger charge is -2.31. The monoisotopic (exact) mass is 258 g/mol. The van der Waals surface area contributed by atoms with E-state index in [1.54, 1.807) is 0 Å². The van der Waals surface area contributed by atoms with Crippen molar-refractivity contribution in [1.29, 1.82) is 0 Å². The quantitative estimate of drug-likeness (QED) is 0.625. The average molecular weight is 258 g/mol. The van der Waals surface area contributed by atoms with Crippen LogP contribution in [0.3, 0.4) is 0 Å². The molecule has 0 aromatic heterocycles. The minimum absolute atomic E-state index is 0.0000926. The second kappa shape index (κ2) is 3.68. The Balaban J connectivity index is 1.84. The first-order chi connectivity index (χ1) is 9.07. The minimum Gasteiger partial charge on any atom is -0.344 e. The van der Waals surface area contributed by atoms with Crippen molar-refractivity contribution in [3.05, 3.63) is 36.5 Å². The van der Waals surface area contributed by atoms with Crippen molar-refractivity contribution in [2.75, 3.05) is 0 Å². The van der Waals surface area contributed by atoms with Crippen LogP contribution in [0.1, 0.15) is 13.8 Å². The van der Waals surface area contributed by atoms with E-state index in [-0.39, 0.29) is 35.9 Å². The van der Waals surface area contributed by atoms with Gasteiger partial charge in [0.1, 0.15) is 5.78 Å². The van der Waals surface area contributed by atoms with E-state index in [9.17, 15) is 4.79 Å². The molecule has 0 unspecified atom stereocenters.